The van der Waals surface area contributed by atoms with Crippen LogP contribution in [0.2, 0.25) is 0 Å². The molecular weight excluding hydrogens is 334 g/mol. The number of hydrogen-bond donors (Lipinski definition) is 2. The molecule has 0 aromatic carbocycles. The van der Waals surface area contributed by atoms with Gasteiger partial charge >= 0.3 is 0 Å². The Balaban J connectivity index is 1.76. The van der Waals surface area contributed by atoms with E-state index in [9.17, 15) is 4.79 Å². The van der Waals surface area contributed by atoms with E-state index in [1.165, 1.54) is 0 Å². The zero-order valence-electron chi connectivity index (χ0n) is 13.5. The van der Waals surface area contributed by atoms with Crippen LogP contribution in [0, 0.1) is 6.92 Å². The highest BCUT2D eigenvalue weighted by molar-refractivity contribution is 7.13. The van der Waals surface area contributed by atoms with Crippen LogP contribution in [0.3, 0.4) is 0 Å². The highest BCUT2D eigenvalue weighted by Gasteiger charge is 2.34. The van der Waals surface area contributed by atoms with E-state index < -0.39 is 0 Å². The second-order valence-electron chi connectivity index (χ2n) is 6.14. The molecule has 0 saturated heterocycles. The predicted octanol–water partition coefficient (Wildman–Crippen LogP) is 3.57. The van der Waals surface area contributed by atoms with Gasteiger partial charge in [-0.05, 0) is 30.5 Å². The number of anilines is 1. The molecule has 25 heavy (non-hydrogen) atoms. The van der Waals surface area contributed by atoms with E-state index in [0.29, 0.717) is 12.2 Å². The second-order valence-corrected chi connectivity index (χ2v) is 7.09. The fraction of sp³-hybridized carbons (Fsp3) is 0.167. The second kappa shape index (κ2) is 5.29. The van der Waals surface area contributed by atoms with Crippen molar-refractivity contribution < 1.29 is 4.79 Å². The lowest BCUT2D eigenvalue weighted by Gasteiger charge is -2.21. The van der Waals surface area contributed by atoms with Gasteiger partial charge in [-0.2, -0.15) is 5.10 Å². The monoisotopic (exact) mass is 349 g/mol. The number of hydrogen-bond acceptors (Lipinski definition) is 4. The Kier molecular flexibility index (Phi) is 3.05. The topological polar surface area (TPSA) is 75.1 Å². The number of carbonyl (C=O) groups is 1. The SMILES string of the molecule is Cc1nc([C@H]2CC(=O)Nc3n[nH]c(-c4cccs4)c32)c2ccccn12. The summed E-state index contributed by atoms with van der Waals surface area (Å²) in [6.45, 7) is 1.98. The lowest BCUT2D eigenvalue weighted by molar-refractivity contribution is -0.116. The normalized spacial score (nSPS) is 16.8. The summed E-state index contributed by atoms with van der Waals surface area (Å²) < 4.78 is 2.06. The number of amides is 1. The first-order valence-electron chi connectivity index (χ1n) is 8.08. The Hall–Kier alpha value is -2.93. The maximum Gasteiger partial charge on any atom is 0.226 e. The summed E-state index contributed by atoms with van der Waals surface area (Å²) >= 11 is 1.65. The van der Waals surface area contributed by atoms with Crippen molar-refractivity contribution in [3.63, 3.8) is 0 Å². The lowest BCUT2D eigenvalue weighted by Crippen LogP contribution is -2.23. The molecule has 5 heterocycles. The Morgan fingerprint density at radius 2 is 2.20 bits per heavy atom. The summed E-state index contributed by atoms with van der Waals surface area (Å²) in [6, 6.07) is 10.1. The van der Waals surface area contributed by atoms with Crippen molar-refractivity contribution in [1.29, 1.82) is 0 Å². The molecule has 1 aliphatic rings. The molecule has 0 spiro atoms. The van der Waals surface area contributed by atoms with Crippen LogP contribution in [0.15, 0.2) is 41.9 Å². The van der Waals surface area contributed by atoms with E-state index >= 15 is 0 Å². The molecule has 6 nitrogen and oxygen atoms in total. The maximum atomic E-state index is 12.3. The molecule has 4 aromatic heterocycles. The molecule has 5 rings (SSSR count). The minimum absolute atomic E-state index is 0.0311. The van der Waals surface area contributed by atoms with Gasteiger partial charge < -0.3 is 9.72 Å². The van der Waals surface area contributed by atoms with E-state index in [1.54, 1.807) is 11.3 Å². The minimum Gasteiger partial charge on any atom is -0.309 e. The average Bonchev–Trinajstić information content (AvgIpc) is 3.33. The van der Waals surface area contributed by atoms with Crippen molar-refractivity contribution >= 4 is 28.6 Å². The number of imidazole rings is 1. The van der Waals surface area contributed by atoms with Crippen molar-refractivity contribution in [3.8, 4) is 10.6 Å². The van der Waals surface area contributed by atoms with Gasteiger partial charge in [0.1, 0.15) is 5.82 Å². The van der Waals surface area contributed by atoms with Crippen molar-refractivity contribution in [2.45, 2.75) is 19.3 Å². The summed E-state index contributed by atoms with van der Waals surface area (Å²) in [6.07, 6.45) is 2.37. The quantitative estimate of drug-likeness (QED) is 0.581. The predicted molar refractivity (Wildman–Crippen MR) is 96.9 cm³/mol. The number of aromatic nitrogens is 4. The molecule has 1 atom stereocenters. The Bertz CT molecular complexity index is 1090. The fourth-order valence-corrected chi connectivity index (χ4v) is 4.31. The van der Waals surface area contributed by atoms with Crippen LogP contribution >= 0.6 is 11.3 Å². The number of fused-ring (bicyclic) bond motifs is 2. The smallest absolute Gasteiger partial charge is 0.226 e. The minimum atomic E-state index is -0.120. The number of nitrogens with one attached hydrogen (secondary N) is 2. The van der Waals surface area contributed by atoms with Crippen LogP contribution in [0.5, 0.6) is 0 Å². The first-order valence-corrected chi connectivity index (χ1v) is 8.96. The van der Waals surface area contributed by atoms with Crippen molar-refractivity contribution in [3.05, 3.63) is 59.0 Å². The zero-order valence-corrected chi connectivity index (χ0v) is 14.3. The van der Waals surface area contributed by atoms with Crippen molar-refractivity contribution in [2.75, 3.05) is 5.32 Å². The summed E-state index contributed by atoms with van der Waals surface area (Å²) in [5.41, 5.74) is 3.94. The molecule has 0 aliphatic carbocycles. The fourth-order valence-electron chi connectivity index (χ4n) is 3.57. The highest BCUT2D eigenvalue weighted by Crippen LogP contribution is 2.43. The average molecular weight is 349 g/mol. The molecule has 1 aliphatic heterocycles. The molecule has 2 N–H and O–H groups in total. The first-order chi connectivity index (χ1) is 12.2. The van der Waals surface area contributed by atoms with Crippen LogP contribution in [0.25, 0.3) is 16.1 Å². The van der Waals surface area contributed by atoms with Crippen molar-refractivity contribution in [2.24, 2.45) is 0 Å². The number of nitrogens with zero attached hydrogens (tertiary/aromatic N) is 3. The third-order valence-corrected chi connectivity index (χ3v) is 5.54. The lowest BCUT2D eigenvalue weighted by atomic mass is 9.88. The molecule has 7 heteroatoms. The summed E-state index contributed by atoms with van der Waals surface area (Å²) in [4.78, 5) is 18.2. The number of carbonyl (C=O) groups excluding carboxylic acids is 1. The molecule has 0 fully saturated rings. The number of H-pyrrole nitrogens is 1. The maximum absolute atomic E-state index is 12.3. The number of aryl methyl sites for hydroxylation is 1. The zero-order chi connectivity index (χ0) is 17.0. The summed E-state index contributed by atoms with van der Waals surface area (Å²) in [5.74, 6) is 1.38. The van der Waals surface area contributed by atoms with Gasteiger partial charge in [-0.15, -0.1) is 11.3 Å². The van der Waals surface area contributed by atoms with Gasteiger partial charge in [-0.3, -0.25) is 9.89 Å². The number of pyridine rings is 1. The third-order valence-electron chi connectivity index (χ3n) is 4.65. The van der Waals surface area contributed by atoms with E-state index in [-0.39, 0.29) is 11.8 Å². The van der Waals surface area contributed by atoms with Gasteiger partial charge in [-0.25, -0.2) is 4.98 Å². The van der Waals surface area contributed by atoms with E-state index in [4.69, 9.17) is 4.98 Å². The summed E-state index contributed by atoms with van der Waals surface area (Å²) in [7, 11) is 0. The molecule has 0 bridgehead atoms. The van der Waals surface area contributed by atoms with Crippen LogP contribution < -0.4 is 5.32 Å². The van der Waals surface area contributed by atoms with E-state index in [0.717, 1.165) is 33.2 Å². The Morgan fingerprint density at radius 1 is 1.28 bits per heavy atom. The number of rotatable bonds is 2. The van der Waals surface area contributed by atoms with Crippen molar-refractivity contribution in [1.82, 2.24) is 19.6 Å². The van der Waals surface area contributed by atoms with Gasteiger partial charge in [0.25, 0.3) is 0 Å². The third kappa shape index (κ3) is 2.12. The number of aromatic amines is 1. The van der Waals surface area contributed by atoms with Gasteiger partial charge in [0, 0.05) is 24.1 Å². The van der Waals surface area contributed by atoms with Crippen LogP contribution in [-0.2, 0) is 4.79 Å². The molecular formula is C18H15N5OS. The van der Waals surface area contributed by atoms with Gasteiger partial charge in [0.05, 0.1) is 21.8 Å². The van der Waals surface area contributed by atoms with E-state index in [1.807, 2.05) is 42.8 Å². The molecule has 0 radical (unpaired) electrons. The first kappa shape index (κ1) is 14.4. The van der Waals surface area contributed by atoms with Crippen LogP contribution in [0.1, 0.15) is 29.4 Å². The molecule has 0 unspecified atom stereocenters. The molecule has 1 amide bonds. The van der Waals surface area contributed by atoms with E-state index in [2.05, 4.69) is 26.0 Å². The largest absolute Gasteiger partial charge is 0.309 e. The van der Waals surface area contributed by atoms with Crippen LogP contribution in [-0.4, -0.2) is 25.5 Å². The molecule has 0 saturated carbocycles. The van der Waals surface area contributed by atoms with Gasteiger partial charge in [0.15, 0.2) is 5.82 Å². The molecule has 124 valence electrons. The summed E-state index contributed by atoms with van der Waals surface area (Å²) in [5, 5.41) is 12.4. The number of thiophene rings is 1. The standard InChI is InChI=1S/C18H15N5OS/c1-10-19-16(12-5-2-3-7-23(10)12)11-9-14(24)20-18-15(11)17(21-22-18)13-6-4-8-25-13/h2-8,11H,9H2,1H3,(H2,20,21,22,24)/t11-/m0/s1. The van der Waals surface area contributed by atoms with Crippen LogP contribution in [0.4, 0.5) is 5.82 Å². The Labute approximate surface area is 147 Å². The molecule has 4 aromatic rings. The van der Waals surface area contributed by atoms with Gasteiger partial charge in [-0.1, -0.05) is 12.1 Å². The Morgan fingerprint density at radius 3 is 3.04 bits per heavy atom. The highest BCUT2D eigenvalue weighted by atomic mass is 32.1. The van der Waals surface area contributed by atoms with Gasteiger partial charge in [0.2, 0.25) is 5.91 Å².